The quantitative estimate of drug-likeness (QED) is 0.303. The highest BCUT2D eigenvalue weighted by Crippen LogP contribution is 2.26. The number of ether oxygens (including phenoxy) is 1. The largest absolute Gasteiger partial charge is 0.497 e. The summed E-state index contributed by atoms with van der Waals surface area (Å²) in [4.78, 5) is 41.0. The molecule has 0 saturated carbocycles. The molecule has 8 nitrogen and oxygen atoms in total. The number of nitrogens with one attached hydrogen (secondary N) is 3. The summed E-state index contributed by atoms with van der Waals surface area (Å²) in [5.74, 6) is 0.244. The summed E-state index contributed by atoms with van der Waals surface area (Å²) in [6.45, 7) is 0.847. The molecular formula is C29H30BrClN4O4. The molecule has 0 bridgehead atoms. The lowest BCUT2D eigenvalue weighted by Crippen LogP contribution is -2.53. The first kappa shape index (κ1) is 28.4. The maximum atomic E-state index is 13.6. The number of hydrogen-bond donors (Lipinski definition) is 3. The van der Waals surface area contributed by atoms with Crippen molar-refractivity contribution in [3.05, 3.63) is 87.9 Å². The van der Waals surface area contributed by atoms with Crippen LogP contribution in [-0.4, -0.2) is 49.0 Å². The molecule has 1 atom stereocenters. The summed E-state index contributed by atoms with van der Waals surface area (Å²) in [5, 5.41) is 8.88. The Bertz CT molecular complexity index is 1300. The highest BCUT2D eigenvalue weighted by atomic mass is 79.9. The maximum Gasteiger partial charge on any atom is 0.319 e. The molecule has 1 fully saturated rings. The molecule has 1 heterocycles. The molecule has 39 heavy (non-hydrogen) atoms. The molecule has 1 saturated heterocycles. The van der Waals surface area contributed by atoms with Crippen molar-refractivity contribution in [2.45, 2.75) is 25.3 Å². The molecule has 1 aliphatic rings. The minimum Gasteiger partial charge on any atom is -0.497 e. The van der Waals surface area contributed by atoms with Gasteiger partial charge in [-0.1, -0.05) is 57.9 Å². The topological polar surface area (TPSA) is 99.8 Å². The van der Waals surface area contributed by atoms with E-state index < -0.39 is 12.1 Å². The first-order valence-electron chi connectivity index (χ1n) is 12.6. The monoisotopic (exact) mass is 612 g/mol. The zero-order chi connectivity index (χ0) is 27.8. The van der Waals surface area contributed by atoms with Crippen LogP contribution < -0.4 is 20.7 Å². The number of anilines is 2. The molecule has 3 aromatic rings. The first-order chi connectivity index (χ1) is 18.8. The van der Waals surface area contributed by atoms with Crippen molar-refractivity contribution >= 4 is 56.8 Å². The molecular weight excluding hydrogens is 584 g/mol. The standard InChI is InChI=1S/C29H30BrClN4O4/c1-39-23-10-8-22(9-11-23)32-27(36)20-13-15-35(16-14-20)28(37)26(17-19-5-3-2-4-6-19)34-29(38)33-25-12-7-21(30)18-24(25)31/h2-12,18,20,26H,13-17H2,1H3,(H,32,36)(H2,33,34,38)/t26-/m0/s1. The number of hydrogen-bond acceptors (Lipinski definition) is 4. The van der Waals surface area contributed by atoms with Gasteiger partial charge >= 0.3 is 6.03 Å². The number of carbonyl (C=O) groups excluding carboxylic acids is 3. The van der Waals surface area contributed by atoms with Gasteiger partial charge in [0.05, 0.1) is 17.8 Å². The Morgan fingerprint density at radius 2 is 1.69 bits per heavy atom. The number of piperidine rings is 1. The van der Waals surface area contributed by atoms with Crippen LogP contribution in [-0.2, 0) is 16.0 Å². The van der Waals surface area contributed by atoms with Gasteiger partial charge in [-0.15, -0.1) is 0 Å². The van der Waals surface area contributed by atoms with Crippen LogP contribution in [0.5, 0.6) is 5.75 Å². The molecule has 3 aromatic carbocycles. The molecule has 0 aromatic heterocycles. The Hall–Kier alpha value is -3.56. The van der Waals surface area contributed by atoms with E-state index in [0.29, 0.717) is 54.5 Å². The fourth-order valence-corrected chi connectivity index (χ4v) is 5.18. The predicted molar refractivity (Wildman–Crippen MR) is 156 cm³/mol. The summed E-state index contributed by atoms with van der Waals surface area (Å²) in [5.41, 5.74) is 2.06. The van der Waals surface area contributed by atoms with Gasteiger partial charge in [-0.05, 0) is 60.9 Å². The zero-order valence-corrected chi connectivity index (χ0v) is 23.8. The second kappa shape index (κ2) is 13.5. The molecule has 204 valence electrons. The normalized spacial score (nSPS) is 14.3. The molecule has 0 radical (unpaired) electrons. The van der Waals surface area contributed by atoms with E-state index in [9.17, 15) is 14.4 Å². The average molecular weight is 614 g/mol. The third kappa shape index (κ3) is 7.97. The number of nitrogens with zero attached hydrogens (tertiary/aromatic N) is 1. The number of likely N-dealkylation sites (tertiary alicyclic amines) is 1. The number of benzene rings is 3. The molecule has 3 N–H and O–H groups in total. The number of halogens is 2. The van der Waals surface area contributed by atoms with Crippen LogP contribution in [0, 0.1) is 5.92 Å². The van der Waals surface area contributed by atoms with Crippen LogP contribution in [0.25, 0.3) is 0 Å². The highest BCUT2D eigenvalue weighted by molar-refractivity contribution is 9.10. The van der Waals surface area contributed by atoms with E-state index in [1.54, 1.807) is 54.5 Å². The van der Waals surface area contributed by atoms with E-state index in [2.05, 4.69) is 31.9 Å². The van der Waals surface area contributed by atoms with E-state index in [1.165, 1.54) is 0 Å². The molecule has 0 unspecified atom stereocenters. The molecule has 4 rings (SSSR count). The van der Waals surface area contributed by atoms with Crippen molar-refractivity contribution in [3.8, 4) is 5.75 Å². The van der Waals surface area contributed by atoms with Crippen molar-refractivity contribution in [1.82, 2.24) is 10.2 Å². The minimum atomic E-state index is -0.786. The van der Waals surface area contributed by atoms with Crippen LogP contribution in [0.15, 0.2) is 77.3 Å². The van der Waals surface area contributed by atoms with Crippen LogP contribution in [0.4, 0.5) is 16.2 Å². The van der Waals surface area contributed by atoms with Crippen molar-refractivity contribution in [2.75, 3.05) is 30.8 Å². The lowest BCUT2D eigenvalue weighted by atomic mass is 9.94. The van der Waals surface area contributed by atoms with E-state index >= 15 is 0 Å². The van der Waals surface area contributed by atoms with Gasteiger partial charge in [0.2, 0.25) is 11.8 Å². The predicted octanol–water partition coefficient (Wildman–Crippen LogP) is 5.72. The van der Waals surface area contributed by atoms with Gasteiger partial charge in [-0.25, -0.2) is 4.79 Å². The van der Waals surface area contributed by atoms with E-state index in [1.807, 2.05) is 30.3 Å². The number of rotatable bonds is 8. The molecule has 4 amide bonds. The number of methoxy groups -OCH3 is 1. The first-order valence-corrected chi connectivity index (χ1v) is 13.8. The average Bonchev–Trinajstić information content (AvgIpc) is 2.95. The van der Waals surface area contributed by atoms with Gasteiger partial charge in [0.25, 0.3) is 0 Å². The van der Waals surface area contributed by atoms with Crippen LogP contribution >= 0.6 is 27.5 Å². The van der Waals surface area contributed by atoms with E-state index in [0.717, 1.165) is 10.0 Å². The second-order valence-corrected chi connectivity index (χ2v) is 10.6. The minimum absolute atomic E-state index is 0.0722. The number of carbonyl (C=O) groups is 3. The summed E-state index contributed by atoms with van der Waals surface area (Å²) >= 11 is 9.59. The fraction of sp³-hybridized carbons (Fsp3) is 0.276. The Kier molecular flexibility index (Phi) is 9.84. The van der Waals surface area contributed by atoms with Gasteiger partial charge in [0.15, 0.2) is 0 Å². The highest BCUT2D eigenvalue weighted by Gasteiger charge is 2.32. The molecule has 0 spiro atoms. The zero-order valence-electron chi connectivity index (χ0n) is 21.5. The third-order valence-electron chi connectivity index (χ3n) is 6.60. The van der Waals surface area contributed by atoms with Crippen LogP contribution in [0.3, 0.4) is 0 Å². The van der Waals surface area contributed by atoms with Crippen molar-refractivity contribution < 1.29 is 19.1 Å². The lowest BCUT2D eigenvalue weighted by Gasteiger charge is -2.34. The Morgan fingerprint density at radius 1 is 1.00 bits per heavy atom. The maximum absolute atomic E-state index is 13.6. The van der Waals surface area contributed by atoms with Crippen molar-refractivity contribution in [3.63, 3.8) is 0 Å². The van der Waals surface area contributed by atoms with E-state index in [4.69, 9.17) is 16.3 Å². The SMILES string of the molecule is COc1ccc(NC(=O)C2CCN(C(=O)[C@H](Cc3ccccc3)NC(=O)Nc3ccc(Br)cc3Cl)CC2)cc1. The Labute approximate surface area is 241 Å². The van der Waals surface area contributed by atoms with Gasteiger partial charge in [0, 0.05) is 35.6 Å². The summed E-state index contributed by atoms with van der Waals surface area (Å²) in [6.07, 6.45) is 1.40. The molecule has 1 aliphatic heterocycles. The van der Waals surface area contributed by atoms with E-state index in [-0.39, 0.29) is 17.7 Å². The number of urea groups is 1. The van der Waals surface area contributed by atoms with Crippen molar-refractivity contribution in [2.24, 2.45) is 5.92 Å². The Balaban J connectivity index is 1.37. The van der Waals surface area contributed by atoms with Crippen molar-refractivity contribution in [1.29, 1.82) is 0 Å². The Morgan fingerprint density at radius 3 is 2.33 bits per heavy atom. The van der Waals surface area contributed by atoms with Gasteiger partial charge < -0.3 is 25.6 Å². The van der Waals surface area contributed by atoms with Crippen LogP contribution in [0.1, 0.15) is 18.4 Å². The fourth-order valence-electron chi connectivity index (χ4n) is 4.46. The second-order valence-electron chi connectivity index (χ2n) is 9.28. The van der Waals surface area contributed by atoms with Gasteiger partial charge in [-0.2, -0.15) is 0 Å². The summed E-state index contributed by atoms with van der Waals surface area (Å²) < 4.78 is 5.95. The molecule has 0 aliphatic carbocycles. The lowest BCUT2D eigenvalue weighted by molar-refractivity contribution is -0.136. The van der Waals surface area contributed by atoms with Crippen LogP contribution in [0.2, 0.25) is 5.02 Å². The number of amides is 4. The smallest absolute Gasteiger partial charge is 0.319 e. The molecule has 10 heteroatoms. The summed E-state index contributed by atoms with van der Waals surface area (Å²) in [6, 6.07) is 20.5. The van der Waals surface area contributed by atoms with Gasteiger partial charge in [0.1, 0.15) is 11.8 Å². The summed E-state index contributed by atoms with van der Waals surface area (Å²) in [7, 11) is 1.59. The third-order valence-corrected chi connectivity index (χ3v) is 7.41. The van der Waals surface area contributed by atoms with Gasteiger partial charge in [-0.3, -0.25) is 9.59 Å².